The summed E-state index contributed by atoms with van der Waals surface area (Å²) in [6.45, 7) is 0. The first-order valence-electron chi connectivity index (χ1n) is 2.87. The average Bonchev–Trinajstić information content (AvgIpc) is 1.82. The molecule has 7 nitrogen and oxygen atoms in total. The van der Waals surface area contributed by atoms with Crippen LogP contribution in [0, 0.1) is 0 Å². The van der Waals surface area contributed by atoms with Crippen LogP contribution in [-0.2, 0) is 22.9 Å². The van der Waals surface area contributed by atoms with E-state index in [1.54, 1.807) is 0 Å². The second-order valence-corrected chi connectivity index (χ2v) is 1.87. The van der Waals surface area contributed by atoms with Crippen LogP contribution in [0.2, 0.25) is 0 Å². The van der Waals surface area contributed by atoms with Crippen molar-refractivity contribution < 1.29 is 32.9 Å². The zero-order chi connectivity index (χ0) is 7.84. The first-order chi connectivity index (χ1) is 5.24. The quantitative estimate of drug-likeness (QED) is 0.410. The number of hydrogen-bond donors (Lipinski definition) is 2. The van der Waals surface area contributed by atoms with E-state index in [0.717, 1.165) is 0 Å². The standard InChI is InChI=1S/B4H2O7.ClH/c5-1-7-3-9-2(6)10-4(8-1)11-3;/h5-6H;1H. The number of halogens is 1. The lowest BCUT2D eigenvalue weighted by Crippen LogP contribution is -2.59. The third-order valence-corrected chi connectivity index (χ3v) is 1.13. The molecule has 0 radical (unpaired) electrons. The topological polar surface area (TPSA) is 86.6 Å². The molecule has 0 unspecified atom stereocenters. The van der Waals surface area contributed by atoms with Crippen LogP contribution in [0.1, 0.15) is 0 Å². The summed E-state index contributed by atoms with van der Waals surface area (Å²) in [6.07, 6.45) is 0. The van der Waals surface area contributed by atoms with Crippen LogP contribution in [0.4, 0.5) is 0 Å². The van der Waals surface area contributed by atoms with Gasteiger partial charge in [0.2, 0.25) is 0 Å². The predicted molar refractivity (Wildman–Crippen MR) is 40.1 cm³/mol. The highest BCUT2D eigenvalue weighted by molar-refractivity contribution is 6.74. The van der Waals surface area contributed by atoms with Crippen molar-refractivity contribution >= 4 is 41.7 Å². The van der Waals surface area contributed by atoms with Gasteiger partial charge in [-0.05, 0) is 0 Å². The average molecular weight is 194 g/mol. The van der Waals surface area contributed by atoms with E-state index in [1.807, 2.05) is 0 Å². The zero-order valence-corrected chi connectivity index (χ0v) is 6.47. The molecule has 64 valence electrons. The molecule has 2 heterocycles. The van der Waals surface area contributed by atoms with Gasteiger partial charge in [-0.1, -0.05) is 0 Å². The minimum atomic E-state index is -1.45. The van der Waals surface area contributed by atoms with E-state index in [9.17, 15) is 0 Å². The van der Waals surface area contributed by atoms with Crippen LogP contribution < -0.4 is 0 Å². The van der Waals surface area contributed by atoms with Crippen molar-refractivity contribution in [3.8, 4) is 0 Å². The Bertz CT molecular complexity index is 121. The van der Waals surface area contributed by atoms with Gasteiger partial charge < -0.3 is 32.9 Å². The SMILES string of the molecule is Cl.OB1OB2OB(O)OB(O1)O2. The summed E-state index contributed by atoms with van der Waals surface area (Å²) < 4.78 is 22.6. The van der Waals surface area contributed by atoms with E-state index < -0.39 is 29.3 Å². The third-order valence-electron chi connectivity index (χ3n) is 1.13. The summed E-state index contributed by atoms with van der Waals surface area (Å²) in [4.78, 5) is 0. The minimum absolute atomic E-state index is 0. The van der Waals surface area contributed by atoms with Crippen LogP contribution in [0.3, 0.4) is 0 Å². The molecular weight excluding hydrogens is 191 g/mol. The Morgan fingerprint density at radius 3 is 1.33 bits per heavy atom. The van der Waals surface area contributed by atoms with Crippen molar-refractivity contribution in [3.63, 3.8) is 0 Å². The lowest BCUT2D eigenvalue weighted by molar-refractivity contribution is 0.0834. The van der Waals surface area contributed by atoms with Crippen LogP contribution in [0.15, 0.2) is 0 Å². The van der Waals surface area contributed by atoms with Crippen molar-refractivity contribution in [2.75, 3.05) is 0 Å². The Morgan fingerprint density at radius 2 is 1.00 bits per heavy atom. The fourth-order valence-corrected chi connectivity index (χ4v) is 0.728. The molecule has 2 aliphatic rings. The third kappa shape index (κ3) is 2.15. The Balaban J connectivity index is 0.000000720. The summed E-state index contributed by atoms with van der Waals surface area (Å²) in [5, 5.41) is 17.5. The molecule has 2 fully saturated rings. The lowest BCUT2D eigenvalue weighted by Gasteiger charge is -2.31. The van der Waals surface area contributed by atoms with E-state index in [-0.39, 0.29) is 12.4 Å². The van der Waals surface area contributed by atoms with E-state index in [2.05, 4.69) is 22.9 Å². The highest BCUT2D eigenvalue weighted by Gasteiger charge is 2.52. The van der Waals surface area contributed by atoms with Crippen molar-refractivity contribution in [2.45, 2.75) is 0 Å². The maximum Gasteiger partial charge on any atom is 0.612 e. The molecular formula is H3B4ClO7. The van der Waals surface area contributed by atoms with Crippen molar-refractivity contribution in [3.05, 3.63) is 0 Å². The van der Waals surface area contributed by atoms with Crippen LogP contribution >= 0.6 is 12.4 Å². The van der Waals surface area contributed by atoms with Gasteiger partial charge in [0.25, 0.3) is 0 Å². The highest BCUT2D eigenvalue weighted by Crippen LogP contribution is 2.14. The van der Waals surface area contributed by atoms with Crippen molar-refractivity contribution in [2.24, 2.45) is 0 Å². The Kier molecular flexibility index (Phi) is 3.44. The molecule has 0 spiro atoms. The van der Waals surface area contributed by atoms with E-state index in [0.29, 0.717) is 0 Å². The molecule has 2 N–H and O–H groups in total. The van der Waals surface area contributed by atoms with Crippen molar-refractivity contribution in [1.29, 1.82) is 0 Å². The molecule has 2 aliphatic heterocycles. The monoisotopic (exact) mass is 194 g/mol. The van der Waals surface area contributed by atoms with Crippen LogP contribution in [0.5, 0.6) is 0 Å². The van der Waals surface area contributed by atoms with Gasteiger partial charge in [0, 0.05) is 0 Å². The summed E-state index contributed by atoms with van der Waals surface area (Å²) in [7, 11) is -5.20. The lowest BCUT2D eigenvalue weighted by atomic mass is 9.90. The molecule has 0 aromatic rings. The number of fused-ring (bicyclic) bond motifs is 2. The highest BCUT2D eigenvalue weighted by atomic mass is 35.5. The molecule has 2 rings (SSSR count). The van der Waals surface area contributed by atoms with Gasteiger partial charge in [0.1, 0.15) is 0 Å². The molecule has 12 heavy (non-hydrogen) atoms. The van der Waals surface area contributed by atoms with Crippen molar-refractivity contribution in [1.82, 2.24) is 0 Å². The molecule has 0 aromatic carbocycles. The molecule has 0 aliphatic carbocycles. The predicted octanol–water partition coefficient (Wildman–Crippen LogP) is -2.56. The second kappa shape index (κ2) is 3.99. The molecule has 12 heteroatoms. The molecule has 0 saturated carbocycles. The first-order valence-corrected chi connectivity index (χ1v) is 2.87. The van der Waals surface area contributed by atoms with E-state index >= 15 is 0 Å². The van der Waals surface area contributed by atoms with Gasteiger partial charge in [0.15, 0.2) is 0 Å². The van der Waals surface area contributed by atoms with Gasteiger partial charge in [-0.3, -0.25) is 0 Å². The maximum absolute atomic E-state index is 8.74. The number of rotatable bonds is 0. The van der Waals surface area contributed by atoms with Crippen LogP contribution in [0.25, 0.3) is 0 Å². The fourth-order valence-electron chi connectivity index (χ4n) is 0.728. The van der Waals surface area contributed by atoms with Crippen LogP contribution in [-0.4, -0.2) is 39.3 Å². The molecule has 0 atom stereocenters. The molecule has 2 bridgehead atoms. The first kappa shape index (κ1) is 10.4. The Morgan fingerprint density at radius 1 is 0.667 bits per heavy atom. The van der Waals surface area contributed by atoms with Gasteiger partial charge in [-0.2, -0.15) is 0 Å². The molecule has 2 saturated heterocycles. The van der Waals surface area contributed by atoms with Gasteiger partial charge >= 0.3 is 29.3 Å². The summed E-state index contributed by atoms with van der Waals surface area (Å²) >= 11 is 0. The summed E-state index contributed by atoms with van der Waals surface area (Å²) in [6, 6.07) is 0. The van der Waals surface area contributed by atoms with E-state index in [4.69, 9.17) is 10.0 Å². The fraction of sp³-hybridized carbons (Fsp3) is 0. The van der Waals surface area contributed by atoms with Gasteiger partial charge in [-0.15, -0.1) is 12.4 Å². The maximum atomic E-state index is 8.74. The normalized spacial score (nSPS) is 22.5. The van der Waals surface area contributed by atoms with Gasteiger partial charge in [-0.25, -0.2) is 0 Å². The number of hydrogen-bond acceptors (Lipinski definition) is 7. The largest absolute Gasteiger partial charge is 0.612 e. The summed E-state index contributed by atoms with van der Waals surface area (Å²) in [5.74, 6) is 0. The zero-order valence-electron chi connectivity index (χ0n) is 5.65. The summed E-state index contributed by atoms with van der Waals surface area (Å²) in [5.41, 5.74) is 0. The van der Waals surface area contributed by atoms with Gasteiger partial charge in [0.05, 0.1) is 0 Å². The Labute approximate surface area is 75.4 Å². The smallest absolute Gasteiger partial charge is 0.403 e. The second-order valence-electron chi connectivity index (χ2n) is 1.87. The molecule has 0 amide bonds. The minimum Gasteiger partial charge on any atom is -0.403 e. The Hall–Kier alpha value is 0.270. The van der Waals surface area contributed by atoms with E-state index in [1.165, 1.54) is 0 Å². The molecule has 0 aromatic heterocycles.